The molecule has 6 rings (SSSR count). The maximum atomic E-state index is 13.9. The van der Waals surface area contributed by atoms with Gasteiger partial charge in [0.25, 0.3) is 5.91 Å². The van der Waals surface area contributed by atoms with Crippen molar-refractivity contribution in [3.05, 3.63) is 51.3 Å². The first-order chi connectivity index (χ1) is 17.0. The van der Waals surface area contributed by atoms with Gasteiger partial charge >= 0.3 is 0 Å². The highest BCUT2D eigenvalue weighted by atomic mass is 32.2. The average Bonchev–Trinajstić information content (AvgIpc) is 3.51. The first kappa shape index (κ1) is 22.9. The summed E-state index contributed by atoms with van der Waals surface area (Å²) in [6, 6.07) is 12.4. The van der Waals surface area contributed by atoms with Crippen LogP contribution in [0.3, 0.4) is 0 Å². The summed E-state index contributed by atoms with van der Waals surface area (Å²) in [6.45, 7) is 2.02. The quantitative estimate of drug-likeness (QED) is 0.348. The minimum absolute atomic E-state index is 0.0698. The first-order valence-corrected chi connectivity index (χ1v) is 14.3. The lowest BCUT2D eigenvalue weighted by Gasteiger charge is -2.30. The zero-order valence-electron chi connectivity index (χ0n) is 19.9. The number of amides is 1. The number of aryl methyl sites for hydroxylation is 1. The van der Waals surface area contributed by atoms with Gasteiger partial charge in [0, 0.05) is 24.1 Å². The molecule has 35 heavy (non-hydrogen) atoms. The molecule has 3 aromatic rings. The van der Waals surface area contributed by atoms with Crippen molar-refractivity contribution >= 4 is 67.5 Å². The van der Waals surface area contributed by atoms with E-state index in [0.29, 0.717) is 0 Å². The van der Waals surface area contributed by atoms with Gasteiger partial charge in [0.05, 0.1) is 38.7 Å². The maximum Gasteiger partial charge on any atom is 0.269 e. The third-order valence-electron chi connectivity index (χ3n) is 6.69. The Bertz CT molecular complexity index is 1390. The molecule has 1 saturated carbocycles. The molecule has 2 aromatic carbocycles. The van der Waals surface area contributed by atoms with Gasteiger partial charge in [0.2, 0.25) is 0 Å². The Hall–Kier alpha value is -2.49. The second kappa shape index (κ2) is 9.19. The standard InChI is InChI=1S/C26H26N4O2S3/c1-15-27-19-13-16(9-11-21(19)33-15)28-26-30(17-7-5-4-6-8-17)24(31)23(35-26)25-29(2)20-14-18(32-3)10-12-22(20)34-25/h9-14,17H,4-8H2,1-3H3/b25-23-,28-26?. The molecule has 1 saturated heterocycles. The molecule has 0 N–H and O–H groups in total. The number of benzene rings is 2. The Morgan fingerprint density at radius 3 is 2.71 bits per heavy atom. The van der Waals surface area contributed by atoms with Gasteiger partial charge in [-0.15, -0.1) is 11.3 Å². The van der Waals surface area contributed by atoms with Crippen LogP contribution < -0.4 is 9.64 Å². The van der Waals surface area contributed by atoms with Crippen molar-refractivity contribution in [3.8, 4) is 5.75 Å². The van der Waals surface area contributed by atoms with E-state index in [1.807, 2.05) is 43.1 Å². The number of rotatable bonds is 3. The van der Waals surface area contributed by atoms with Crippen LogP contribution in [0.25, 0.3) is 10.2 Å². The van der Waals surface area contributed by atoms with Gasteiger partial charge in [-0.3, -0.25) is 9.69 Å². The molecule has 3 heterocycles. The number of anilines is 1. The smallest absolute Gasteiger partial charge is 0.269 e. The van der Waals surface area contributed by atoms with Crippen molar-refractivity contribution in [3.63, 3.8) is 0 Å². The fourth-order valence-corrected chi connectivity index (χ4v) is 8.11. The van der Waals surface area contributed by atoms with Crippen LogP contribution in [0.15, 0.2) is 56.2 Å². The van der Waals surface area contributed by atoms with Crippen LogP contribution >= 0.6 is 34.9 Å². The SMILES string of the molecule is COc1ccc2c(c1)N(C)/C(=C1/SC(=Nc3ccc4sc(C)nc4c3)N(C3CCCCC3)C1=O)S2. The molecule has 0 unspecified atom stereocenters. The van der Waals surface area contributed by atoms with Gasteiger partial charge < -0.3 is 9.64 Å². The number of aliphatic imine (C=N–C) groups is 1. The van der Waals surface area contributed by atoms with Gasteiger partial charge in [-0.05, 0) is 61.9 Å². The molecule has 180 valence electrons. The fraction of sp³-hybridized carbons (Fsp3) is 0.346. The highest BCUT2D eigenvalue weighted by molar-refractivity contribution is 8.19. The molecule has 1 aliphatic carbocycles. The number of fused-ring (bicyclic) bond motifs is 2. The van der Waals surface area contributed by atoms with E-state index < -0.39 is 0 Å². The number of ether oxygens (including phenoxy) is 1. The number of hydrogen-bond acceptors (Lipinski definition) is 8. The average molecular weight is 523 g/mol. The molecule has 0 atom stereocenters. The maximum absolute atomic E-state index is 13.9. The third-order valence-corrected chi connectivity index (χ3v) is 10.0. The minimum atomic E-state index is 0.0698. The highest BCUT2D eigenvalue weighted by Gasteiger charge is 2.42. The lowest BCUT2D eigenvalue weighted by molar-refractivity contribution is -0.124. The van der Waals surface area contributed by atoms with E-state index in [2.05, 4.69) is 22.0 Å². The number of thiazole rings is 1. The third kappa shape index (κ3) is 4.13. The van der Waals surface area contributed by atoms with Crippen molar-refractivity contribution < 1.29 is 9.53 Å². The second-order valence-corrected chi connectivity index (χ2v) is 12.2. The van der Waals surface area contributed by atoms with Crippen molar-refractivity contribution in [2.24, 2.45) is 4.99 Å². The number of methoxy groups -OCH3 is 1. The van der Waals surface area contributed by atoms with Crippen LogP contribution in [0.4, 0.5) is 11.4 Å². The zero-order chi connectivity index (χ0) is 24.1. The number of carbonyl (C=O) groups is 1. The van der Waals surface area contributed by atoms with Gasteiger partial charge in [0.15, 0.2) is 5.17 Å². The van der Waals surface area contributed by atoms with E-state index in [4.69, 9.17) is 9.73 Å². The fourth-order valence-electron chi connectivity index (χ4n) is 4.92. The number of carbonyl (C=O) groups excluding carboxylic acids is 1. The van der Waals surface area contributed by atoms with Crippen LogP contribution in [0.2, 0.25) is 0 Å². The molecule has 2 aliphatic heterocycles. The molecule has 1 amide bonds. The molecular formula is C26H26N4O2S3. The molecule has 0 bridgehead atoms. The predicted molar refractivity (Wildman–Crippen MR) is 147 cm³/mol. The van der Waals surface area contributed by atoms with E-state index in [-0.39, 0.29) is 11.9 Å². The molecule has 2 fully saturated rings. The Morgan fingerprint density at radius 1 is 1.09 bits per heavy atom. The minimum Gasteiger partial charge on any atom is -0.497 e. The molecule has 1 aromatic heterocycles. The number of amidine groups is 1. The van der Waals surface area contributed by atoms with Crippen molar-refractivity contribution in [2.45, 2.75) is 50.0 Å². The van der Waals surface area contributed by atoms with Crippen LogP contribution in [-0.4, -0.2) is 41.2 Å². The van der Waals surface area contributed by atoms with Gasteiger partial charge in [-0.25, -0.2) is 9.98 Å². The number of nitrogens with zero attached hydrogens (tertiary/aromatic N) is 4. The number of hydrogen-bond donors (Lipinski definition) is 0. The normalized spacial score (nSPS) is 22.0. The summed E-state index contributed by atoms with van der Waals surface area (Å²) in [4.78, 5) is 29.5. The summed E-state index contributed by atoms with van der Waals surface area (Å²) < 4.78 is 6.58. The Balaban J connectivity index is 1.41. The molecule has 0 radical (unpaired) electrons. The van der Waals surface area contributed by atoms with E-state index in [9.17, 15) is 4.79 Å². The molecule has 9 heteroatoms. The van der Waals surface area contributed by atoms with Crippen molar-refractivity contribution in [1.82, 2.24) is 9.88 Å². The zero-order valence-corrected chi connectivity index (χ0v) is 22.4. The largest absolute Gasteiger partial charge is 0.497 e. The van der Waals surface area contributed by atoms with Crippen molar-refractivity contribution in [2.75, 3.05) is 19.1 Å². The summed E-state index contributed by atoms with van der Waals surface area (Å²) in [5, 5.41) is 2.78. The summed E-state index contributed by atoms with van der Waals surface area (Å²) >= 11 is 4.83. The summed E-state index contributed by atoms with van der Waals surface area (Å²) in [6.07, 6.45) is 5.60. The van der Waals surface area contributed by atoms with Crippen LogP contribution in [0, 0.1) is 6.92 Å². The van der Waals surface area contributed by atoms with Gasteiger partial charge in [-0.2, -0.15) is 0 Å². The Morgan fingerprint density at radius 2 is 1.91 bits per heavy atom. The van der Waals surface area contributed by atoms with E-state index in [0.717, 1.165) is 78.0 Å². The van der Waals surface area contributed by atoms with E-state index in [1.165, 1.54) is 18.2 Å². The van der Waals surface area contributed by atoms with Crippen molar-refractivity contribution in [1.29, 1.82) is 0 Å². The number of thioether (sulfide) groups is 2. The van der Waals surface area contributed by atoms with Crippen LogP contribution in [0.5, 0.6) is 5.75 Å². The van der Waals surface area contributed by atoms with Crippen LogP contribution in [0.1, 0.15) is 37.1 Å². The van der Waals surface area contributed by atoms with E-state index in [1.54, 1.807) is 30.2 Å². The molecule has 0 spiro atoms. The highest BCUT2D eigenvalue weighted by Crippen LogP contribution is 2.51. The lowest BCUT2D eigenvalue weighted by atomic mass is 9.94. The number of aromatic nitrogens is 1. The first-order valence-electron chi connectivity index (χ1n) is 11.8. The monoisotopic (exact) mass is 522 g/mol. The van der Waals surface area contributed by atoms with E-state index >= 15 is 0 Å². The predicted octanol–water partition coefficient (Wildman–Crippen LogP) is 6.92. The summed E-state index contributed by atoms with van der Waals surface area (Å²) in [5.74, 6) is 0.881. The second-order valence-electron chi connectivity index (χ2n) is 8.98. The van der Waals surface area contributed by atoms with Gasteiger partial charge in [-0.1, -0.05) is 31.0 Å². The summed E-state index contributed by atoms with van der Waals surface area (Å²) in [7, 11) is 3.70. The topological polar surface area (TPSA) is 58.0 Å². The molecule has 3 aliphatic rings. The van der Waals surface area contributed by atoms with Crippen LogP contribution in [-0.2, 0) is 4.79 Å². The lowest BCUT2D eigenvalue weighted by Crippen LogP contribution is -2.40. The summed E-state index contributed by atoms with van der Waals surface area (Å²) in [5.41, 5.74) is 2.86. The van der Waals surface area contributed by atoms with Gasteiger partial charge in [0.1, 0.15) is 10.7 Å². The Labute approximate surface area is 217 Å². The molecular weight excluding hydrogens is 497 g/mol. The molecule has 6 nitrogen and oxygen atoms in total. The Kier molecular flexibility index (Phi) is 6.02.